The summed E-state index contributed by atoms with van der Waals surface area (Å²) in [4.78, 5) is 3.46. The van der Waals surface area contributed by atoms with E-state index in [4.69, 9.17) is 0 Å². The van der Waals surface area contributed by atoms with Crippen LogP contribution in [0, 0.1) is 5.26 Å². The Bertz CT molecular complexity index is 457. The molecular weight excluding hydrogens is 215 g/mol. The summed E-state index contributed by atoms with van der Waals surface area (Å²) in [5.41, 5.74) is 0.135. The molecule has 0 saturated carbocycles. The van der Waals surface area contributed by atoms with Crippen molar-refractivity contribution in [2.45, 2.75) is 6.61 Å². The Balaban J connectivity index is 2.53. The summed E-state index contributed by atoms with van der Waals surface area (Å²) < 4.78 is 41.2. The second-order valence-corrected chi connectivity index (χ2v) is 3.43. The minimum Gasteiger partial charge on any atom is -0.432 e. The van der Waals surface area contributed by atoms with Gasteiger partial charge < -0.3 is 4.74 Å². The fourth-order valence-corrected chi connectivity index (χ4v) is 1.80. The highest BCUT2D eigenvalue weighted by Gasteiger charge is 2.11. The van der Waals surface area contributed by atoms with Crippen LogP contribution in [0.2, 0.25) is 0 Å². The summed E-state index contributed by atoms with van der Waals surface area (Å²) in [5.74, 6) is -0.0994. The molecule has 0 N–H and O–H groups in total. The van der Waals surface area contributed by atoms with Gasteiger partial charge in [-0.25, -0.2) is 4.98 Å². The maximum absolute atomic E-state index is 12.7. The van der Waals surface area contributed by atoms with Crippen LogP contribution in [0.15, 0.2) is 18.2 Å². The van der Waals surface area contributed by atoms with Crippen LogP contribution in [0.1, 0.15) is 0 Å². The fourth-order valence-electron chi connectivity index (χ4n) is 1.09. The number of benzene rings is 1. The summed E-state index contributed by atoms with van der Waals surface area (Å²) in [5, 5.41) is -0.662. The molecule has 2 aromatic rings. The van der Waals surface area contributed by atoms with Crippen LogP contribution in [0.25, 0.3) is 10.2 Å². The number of aromatic nitrogens is 1. The van der Waals surface area contributed by atoms with Crippen LogP contribution in [0.3, 0.4) is 0 Å². The zero-order chi connectivity index (χ0) is 10.1. The number of ether oxygens (including phenoxy) is 1. The molecular formula is C8H4F3NOS. The van der Waals surface area contributed by atoms with Crippen molar-refractivity contribution in [3.8, 4) is 5.75 Å². The number of hydrogen-bond donors (Lipinski definition) is 0. The molecule has 0 aliphatic rings. The van der Waals surface area contributed by atoms with E-state index in [0.29, 0.717) is 4.70 Å². The summed E-state index contributed by atoms with van der Waals surface area (Å²) >= 11 is 0.791. The van der Waals surface area contributed by atoms with E-state index in [1.807, 2.05) is 0 Å². The Labute approximate surface area is 80.9 Å². The van der Waals surface area contributed by atoms with E-state index in [0.717, 1.165) is 11.3 Å². The maximum Gasteiger partial charge on any atom is 0.387 e. The van der Waals surface area contributed by atoms with E-state index in [-0.39, 0.29) is 11.3 Å². The van der Waals surface area contributed by atoms with E-state index < -0.39 is 11.9 Å². The molecule has 2 rings (SSSR count). The van der Waals surface area contributed by atoms with E-state index in [2.05, 4.69) is 9.72 Å². The predicted octanol–water partition coefficient (Wildman–Crippen LogP) is 3.04. The van der Waals surface area contributed by atoms with Gasteiger partial charge in [-0.15, -0.1) is 0 Å². The lowest BCUT2D eigenvalue weighted by atomic mass is 10.3. The standard InChI is InChI=1S/C8H4F3NOS/c9-7(10)13-4-2-1-3-5-6(4)12-8(11)14-5/h1-3,7H. The van der Waals surface area contributed by atoms with Crippen molar-refractivity contribution in [3.63, 3.8) is 0 Å². The first kappa shape index (κ1) is 9.26. The summed E-state index contributed by atoms with van der Waals surface area (Å²) in [7, 11) is 0. The molecule has 2 nitrogen and oxygen atoms in total. The van der Waals surface area contributed by atoms with Crippen LogP contribution < -0.4 is 4.74 Å². The topological polar surface area (TPSA) is 22.1 Å². The lowest BCUT2D eigenvalue weighted by molar-refractivity contribution is -0.0489. The third kappa shape index (κ3) is 1.65. The zero-order valence-electron chi connectivity index (χ0n) is 6.71. The van der Waals surface area contributed by atoms with Gasteiger partial charge in [-0.1, -0.05) is 17.4 Å². The molecule has 0 fully saturated rings. The molecule has 14 heavy (non-hydrogen) atoms. The van der Waals surface area contributed by atoms with Crippen LogP contribution in [0.4, 0.5) is 13.2 Å². The van der Waals surface area contributed by atoms with Gasteiger partial charge in [0.1, 0.15) is 5.52 Å². The minimum atomic E-state index is -2.93. The Hall–Kier alpha value is -1.30. The molecule has 1 heterocycles. The molecule has 6 heteroatoms. The number of nitrogens with zero attached hydrogens (tertiary/aromatic N) is 1. The van der Waals surface area contributed by atoms with Crippen molar-refractivity contribution in [1.82, 2.24) is 4.98 Å². The molecule has 0 spiro atoms. The summed E-state index contributed by atoms with van der Waals surface area (Å²) in [6, 6.07) is 4.43. The van der Waals surface area contributed by atoms with Crippen molar-refractivity contribution in [2.24, 2.45) is 0 Å². The van der Waals surface area contributed by atoms with E-state index in [9.17, 15) is 13.2 Å². The normalized spacial score (nSPS) is 11.1. The molecule has 74 valence electrons. The van der Waals surface area contributed by atoms with Gasteiger partial charge in [0.05, 0.1) is 4.70 Å². The summed E-state index contributed by atoms with van der Waals surface area (Å²) in [6.07, 6.45) is 0. The van der Waals surface area contributed by atoms with Crippen molar-refractivity contribution in [3.05, 3.63) is 23.5 Å². The van der Waals surface area contributed by atoms with Crippen LogP contribution >= 0.6 is 11.3 Å². The van der Waals surface area contributed by atoms with Gasteiger partial charge in [0, 0.05) is 0 Å². The van der Waals surface area contributed by atoms with Crippen LogP contribution in [-0.4, -0.2) is 11.6 Å². The zero-order valence-corrected chi connectivity index (χ0v) is 7.52. The van der Waals surface area contributed by atoms with Gasteiger partial charge in [-0.3, -0.25) is 0 Å². The first-order valence-corrected chi connectivity index (χ1v) is 4.48. The predicted molar refractivity (Wildman–Crippen MR) is 46.2 cm³/mol. The van der Waals surface area contributed by atoms with Crippen molar-refractivity contribution < 1.29 is 17.9 Å². The molecule has 0 saturated heterocycles. The first-order chi connectivity index (χ1) is 6.66. The highest BCUT2D eigenvalue weighted by Crippen LogP contribution is 2.29. The van der Waals surface area contributed by atoms with E-state index in [1.165, 1.54) is 12.1 Å². The molecule has 0 atom stereocenters. The number of rotatable bonds is 2. The molecule has 0 aliphatic carbocycles. The second kappa shape index (κ2) is 3.45. The van der Waals surface area contributed by atoms with E-state index >= 15 is 0 Å². The quantitative estimate of drug-likeness (QED) is 0.774. The lowest BCUT2D eigenvalue weighted by Gasteiger charge is -2.03. The first-order valence-electron chi connectivity index (χ1n) is 3.66. The Morgan fingerprint density at radius 1 is 1.36 bits per heavy atom. The number of thiazole rings is 1. The van der Waals surface area contributed by atoms with Gasteiger partial charge in [0.2, 0.25) is 0 Å². The number of halogens is 3. The largest absolute Gasteiger partial charge is 0.432 e. The number of para-hydroxylation sites is 1. The highest BCUT2D eigenvalue weighted by atomic mass is 32.1. The van der Waals surface area contributed by atoms with Crippen LogP contribution in [-0.2, 0) is 0 Å². The SMILES string of the molecule is Fc1nc2c(OC(F)F)cccc2s1. The highest BCUT2D eigenvalue weighted by molar-refractivity contribution is 7.17. The fraction of sp³-hybridized carbons (Fsp3) is 0.125. The van der Waals surface area contributed by atoms with Gasteiger partial charge in [0.15, 0.2) is 5.75 Å². The summed E-state index contributed by atoms with van der Waals surface area (Å²) in [6.45, 7) is -2.93. The average molecular weight is 219 g/mol. The van der Waals surface area contributed by atoms with Crippen LogP contribution in [0.5, 0.6) is 5.75 Å². The molecule has 0 bridgehead atoms. The maximum atomic E-state index is 12.7. The lowest BCUT2D eigenvalue weighted by Crippen LogP contribution is -2.02. The third-order valence-corrected chi connectivity index (χ3v) is 2.38. The van der Waals surface area contributed by atoms with Gasteiger partial charge in [-0.2, -0.15) is 13.2 Å². The average Bonchev–Trinajstić information content (AvgIpc) is 2.45. The van der Waals surface area contributed by atoms with Crippen molar-refractivity contribution >= 4 is 21.6 Å². The molecule has 1 aromatic heterocycles. The Morgan fingerprint density at radius 3 is 2.86 bits per heavy atom. The second-order valence-electron chi connectivity index (χ2n) is 2.45. The van der Waals surface area contributed by atoms with Gasteiger partial charge >= 0.3 is 6.61 Å². The van der Waals surface area contributed by atoms with Gasteiger partial charge in [-0.05, 0) is 12.1 Å². The monoisotopic (exact) mass is 219 g/mol. The Morgan fingerprint density at radius 2 is 2.14 bits per heavy atom. The molecule has 0 amide bonds. The third-order valence-electron chi connectivity index (χ3n) is 1.57. The smallest absolute Gasteiger partial charge is 0.387 e. The molecule has 0 radical (unpaired) electrons. The van der Waals surface area contributed by atoms with Crippen molar-refractivity contribution in [2.75, 3.05) is 0 Å². The Kier molecular flexibility index (Phi) is 2.28. The molecule has 0 unspecified atom stereocenters. The number of alkyl halides is 2. The van der Waals surface area contributed by atoms with Gasteiger partial charge in [0.25, 0.3) is 5.26 Å². The number of hydrogen-bond acceptors (Lipinski definition) is 3. The minimum absolute atomic E-state index is 0.0994. The van der Waals surface area contributed by atoms with Crippen molar-refractivity contribution in [1.29, 1.82) is 0 Å². The molecule has 1 aromatic carbocycles. The number of fused-ring (bicyclic) bond motifs is 1. The molecule has 0 aliphatic heterocycles. The van der Waals surface area contributed by atoms with E-state index in [1.54, 1.807) is 6.07 Å².